The number of nitrogens with zero attached hydrogens (tertiary/aromatic N) is 2. The minimum absolute atomic E-state index is 0.0147. The number of hydrogen-bond donors (Lipinski definition) is 0. The molecule has 0 aliphatic heterocycles. The lowest BCUT2D eigenvalue weighted by Gasteiger charge is -2.19. The first-order valence-electron chi connectivity index (χ1n) is 4.61. The van der Waals surface area contributed by atoms with E-state index < -0.39 is 18.9 Å². The molecule has 0 atom stereocenters. The van der Waals surface area contributed by atoms with Crippen molar-refractivity contribution in [3.8, 4) is 0 Å². The maximum Gasteiger partial charge on any atom is 0.292 e. The number of carbonyl (C=O) groups is 1. The molecule has 7 heteroatoms. The summed E-state index contributed by atoms with van der Waals surface area (Å²) in [6, 6.07) is 1.43. The van der Waals surface area contributed by atoms with Crippen LogP contribution >= 0.6 is 15.9 Å². The van der Waals surface area contributed by atoms with E-state index in [0.717, 1.165) is 4.90 Å². The van der Waals surface area contributed by atoms with Crippen LogP contribution in [0.15, 0.2) is 10.6 Å². The van der Waals surface area contributed by atoms with Gasteiger partial charge in [-0.2, -0.15) is 0 Å². The molecule has 1 heterocycles. The third-order valence-electron chi connectivity index (χ3n) is 1.84. The van der Waals surface area contributed by atoms with Gasteiger partial charge in [-0.05, 0) is 6.92 Å². The summed E-state index contributed by atoms with van der Waals surface area (Å²) in [4.78, 5) is 12.7. The first-order valence-corrected chi connectivity index (χ1v) is 5.73. The van der Waals surface area contributed by atoms with Gasteiger partial charge >= 0.3 is 0 Å². The van der Waals surface area contributed by atoms with Crippen LogP contribution in [0.5, 0.6) is 0 Å². The Hall–Kier alpha value is -0.980. The summed E-state index contributed by atoms with van der Waals surface area (Å²) < 4.78 is 29.2. The summed E-state index contributed by atoms with van der Waals surface area (Å²) in [6.07, 6.45) is -2.56. The molecule has 1 aromatic heterocycles. The van der Waals surface area contributed by atoms with E-state index in [0.29, 0.717) is 11.0 Å². The van der Waals surface area contributed by atoms with Crippen LogP contribution in [0.25, 0.3) is 0 Å². The van der Waals surface area contributed by atoms with Crippen molar-refractivity contribution in [1.29, 1.82) is 0 Å². The topological polar surface area (TPSA) is 46.3 Å². The van der Waals surface area contributed by atoms with Crippen molar-refractivity contribution in [1.82, 2.24) is 10.1 Å². The molecule has 1 amide bonds. The molecule has 0 aliphatic rings. The van der Waals surface area contributed by atoms with E-state index in [1.54, 1.807) is 6.92 Å². The Kier molecular flexibility index (Phi) is 4.85. The van der Waals surface area contributed by atoms with Gasteiger partial charge in [-0.25, -0.2) is 8.78 Å². The Morgan fingerprint density at radius 3 is 2.81 bits per heavy atom. The lowest BCUT2D eigenvalue weighted by atomic mass is 10.3. The molecule has 0 saturated heterocycles. The molecule has 0 spiro atoms. The number of halogens is 3. The van der Waals surface area contributed by atoms with Gasteiger partial charge in [-0.3, -0.25) is 4.79 Å². The number of carbonyl (C=O) groups excluding carboxylic acids is 1. The normalized spacial score (nSPS) is 10.8. The second kappa shape index (κ2) is 5.93. The summed E-state index contributed by atoms with van der Waals surface area (Å²) in [5.74, 6) is -0.584. The Bertz CT molecular complexity index is 357. The van der Waals surface area contributed by atoms with Crippen molar-refractivity contribution < 1.29 is 18.1 Å². The lowest BCUT2D eigenvalue weighted by Crippen LogP contribution is -2.36. The van der Waals surface area contributed by atoms with E-state index in [1.165, 1.54) is 6.07 Å². The van der Waals surface area contributed by atoms with Gasteiger partial charge in [0.2, 0.25) is 5.76 Å². The summed E-state index contributed by atoms with van der Waals surface area (Å²) in [6.45, 7) is 1.25. The van der Waals surface area contributed by atoms with E-state index in [9.17, 15) is 13.6 Å². The molecule has 0 radical (unpaired) electrons. The van der Waals surface area contributed by atoms with Gasteiger partial charge < -0.3 is 9.42 Å². The van der Waals surface area contributed by atoms with Crippen molar-refractivity contribution in [2.45, 2.75) is 13.3 Å². The fraction of sp³-hybridized carbons (Fsp3) is 0.556. The molecule has 0 fully saturated rings. The zero-order chi connectivity index (χ0) is 12.1. The van der Waals surface area contributed by atoms with Crippen molar-refractivity contribution >= 4 is 21.8 Å². The summed E-state index contributed by atoms with van der Waals surface area (Å²) in [5.41, 5.74) is 0.541. The van der Waals surface area contributed by atoms with E-state index >= 15 is 0 Å². The Balaban J connectivity index is 2.74. The predicted octanol–water partition coefficient (Wildman–Crippen LogP) is 2.09. The first-order chi connectivity index (χ1) is 7.54. The average Bonchev–Trinajstić information content (AvgIpc) is 2.62. The number of aryl methyl sites for hydroxylation is 1. The third kappa shape index (κ3) is 3.55. The molecule has 0 aliphatic carbocycles. The second-order valence-electron chi connectivity index (χ2n) is 3.16. The molecule has 0 aromatic carbocycles. The fourth-order valence-corrected chi connectivity index (χ4v) is 1.59. The van der Waals surface area contributed by atoms with E-state index in [1.807, 2.05) is 0 Å². The molecular formula is C9H11BrF2N2O2. The van der Waals surface area contributed by atoms with Crippen molar-refractivity contribution in [2.24, 2.45) is 0 Å². The quantitative estimate of drug-likeness (QED) is 0.782. The predicted molar refractivity (Wildman–Crippen MR) is 56.9 cm³/mol. The molecule has 0 unspecified atom stereocenters. The lowest BCUT2D eigenvalue weighted by molar-refractivity contribution is 0.0537. The highest BCUT2D eigenvalue weighted by Crippen LogP contribution is 2.09. The zero-order valence-corrected chi connectivity index (χ0v) is 10.2. The Labute approximate surface area is 99.7 Å². The second-order valence-corrected chi connectivity index (χ2v) is 3.96. The highest BCUT2D eigenvalue weighted by molar-refractivity contribution is 9.09. The molecule has 16 heavy (non-hydrogen) atoms. The van der Waals surface area contributed by atoms with Gasteiger partial charge in [0.05, 0.1) is 12.2 Å². The largest absolute Gasteiger partial charge is 0.351 e. The van der Waals surface area contributed by atoms with E-state index in [4.69, 9.17) is 4.52 Å². The molecule has 0 N–H and O–H groups in total. The summed E-state index contributed by atoms with van der Waals surface area (Å²) in [7, 11) is 0. The number of rotatable bonds is 5. The first kappa shape index (κ1) is 13.1. The van der Waals surface area contributed by atoms with Crippen LogP contribution in [0.2, 0.25) is 0 Å². The zero-order valence-electron chi connectivity index (χ0n) is 8.62. The Morgan fingerprint density at radius 2 is 2.38 bits per heavy atom. The highest BCUT2D eigenvalue weighted by atomic mass is 79.9. The molecule has 4 nitrogen and oxygen atoms in total. The average molecular weight is 297 g/mol. The van der Waals surface area contributed by atoms with Gasteiger partial charge in [0.15, 0.2) is 0 Å². The minimum Gasteiger partial charge on any atom is -0.351 e. The maximum absolute atomic E-state index is 12.2. The highest BCUT2D eigenvalue weighted by Gasteiger charge is 2.22. The van der Waals surface area contributed by atoms with Gasteiger partial charge in [-0.15, -0.1) is 0 Å². The van der Waals surface area contributed by atoms with Crippen molar-refractivity contribution in [2.75, 3.05) is 18.4 Å². The van der Waals surface area contributed by atoms with Crippen LogP contribution in [0, 0.1) is 6.92 Å². The number of amides is 1. The van der Waals surface area contributed by atoms with Gasteiger partial charge in [0.1, 0.15) is 0 Å². The van der Waals surface area contributed by atoms with Crippen LogP contribution < -0.4 is 0 Å². The van der Waals surface area contributed by atoms with E-state index in [-0.39, 0.29) is 12.3 Å². The molecule has 1 rings (SSSR count). The summed E-state index contributed by atoms with van der Waals surface area (Å²) >= 11 is 3.10. The van der Waals surface area contributed by atoms with Gasteiger partial charge in [0, 0.05) is 17.9 Å². The standard InChI is InChI=1S/C9H11BrF2N2O2/c1-6-4-7(16-13-6)9(15)14(3-2-10)5-8(11)12/h4,8H,2-3,5H2,1H3. The number of aromatic nitrogens is 1. The van der Waals surface area contributed by atoms with Gasteiger partial charge in [0.25, 0.3) is 12.3 Å². The maximum atomic E-state index is 12.2. The smallest absolute Gasteiger partial charge is 0.292 e. The monoisotopic (exact) mass is 296 g/mol. The van der Waals surface area contributed by atoms with Crippen LogP contribution in [-0.2, 0) is 0 Å². The molecule has 0 bridgehead atoms. The van der Waals surface area contributed by atoms with Crippen molar-refractivity contribution in [3.05, 3.63) is 17.5 Å². The molecule has 90 valence electrons. The van der Waals surface area contributed by atoms with Crippen LogP contribution in [0.4, 0.5) is 8.78 Å². The fourth-order valence-electron chi connectivity index (χ4n) is 1.16. The van der Waals surface area contributed by atoms with Crippen LogP contribution in [-0.4, -0.2) is 40.8 Å². The molecule has 1 aromatic rings. The molecule has 0 saturated carbocycles. The minimum atomic E-state index is -2.56. The van der Waals surface area contributed by atoms with Crippen molar-refractivity contribution in [3.63, 3.8) is 0 Å². The Morgan fingerprint density at radius 1 is 1.69 bits per heavy atom. The van der Waals surface area contributed by atoms with Gasteiger partial charge in [-0.1, -0.05) is 21.1 Å². The van der Waals surface area contributed by atoms with Crippen LogP contribution in [0.3, 0.4) is 0 Å². The number of hydrogen-bond acceptors (Lipinski definition) is 3. The van der Waals surface area contributed by atoms with Crippen LogP contribution in [0.1, 0.15) is 16.2 Å². The number of alkyl halides is 3. The summed E-state index contributed by atoms with van der Waals surface area (Å²) in [5, 5.41) is 3.97. The molecular weight excluding hydrogens is 286 g/mol. The third-order valence-corrected chi connectivity index (χ3v) is 2.19. The SMILES string of the molecule is Cc1cc(C(=O)N(CCBr)CC(F)F)on1. The van der Waals surface area contributed by atoms with E-state index in [2.05, 4.69) is 21.1 Å².